The first kappa shape index (κ1) is 20.8. The quantitative estimate of drug-likeness (QED) is 0.681. The zero-order chi connectivity index (χ0) is 22.3. The minimum atomic E-state index is -4.49. The second-order valence-electron chi connectivity index (χ2n) is 7.07. The third kappa shape index (κ3) is 3.60. The van der Waals surface area contributed by atoms with Gasteiger partial charge in [-0.15, -0.1) is 0 Å². The first-order valence-electron chi connectivity index (χ1n) is 9.37. The first-order chi connectivity index (χ1) is 14.7. The number of carbonyl (C=O) groups is 2. The molecule has 2 aliphatic heterocycles. The van der Waals surface area contributed by atoms with Crippen LogP contribution < -0.4 is 14.4 Å². The Hall–Kier alpha value is -3.49. The molecular weight excluding hydrogens is 415 g/mol. The Balaban J connectivity index is 1.78. The van der Waals surface area contributed by atoms with Crippen LogP contribution in [0.4, 0.5) is 18.9 Å². The molecule has 4 rings (SSSR count). The molecule has 2 heterocycles. The van der Waals surface area contributed by atoms with Crippen molar-refractivity contribution in [3.8, 4) is 11.5 Å². The van der Waals surface area contributed by atoms with E-state index in [4.69, 9.17) is 14.2 Å². The SMILES string of the molecule is COc1ccc(C2CC(=O)N(c3ccc(C(F)(F)F)cc3)C3=C2C(=O)OC3)c(OC)c1. The number of benzene rings is 2. The summed E-state index contributed by atoms with van der Waals surface area (Å²) in [6.07, 6.45) is -4.56. The fraction of sp³-hybridized carbons (Fsp3) is 0.273. The molecule has 31 heavy (non-hydrogen) atoms. The van der Waals surface area contributed by atoms with Gasteiger partial charge in [0.15, 0.2) is 0 Å². The lowest BCUT2D eigenvalue weighted by Gasteiger charge is -2.32. The molecule has 0 radical (unpaired) electrons. The highest BCUT2D eigenvalue weighted by molar-refractivity contribution is 6.06. The van der Waals surface area contributed by atoms with E-state index in [-0.39, 0.29) is 24.6 Å². The molecule has 2 aromatic rings. The summed E-state index contributed by atoms with van der Waals surface area (Å²) in [6.45, 7) is -0.143. The fourth-order valence-corrected chi connectivity index (χ4v) is 3.93. The molecule has 1 unspecified atom stereocenters. The smallest absolute Gasteiger partial charge is 0.416 e. The summed E-state index contributed by atoms with van der Waals surface area (Å²) in [6, 6.07) is 9.30. The Morgan fingerprint density at radius 3 is 2.35 bits per heavy atom. The van der Waals surface area contributed by atoms with E-state index in [1.165, 1.54) is 31.3 Å². The molecule has 6 nitrogen and oxygen atoms in total. The second kappa shape index (κ2) is 7.64. The monoisotopic (exact) mass is 433 g/mol. The maximum absolute atomic E-state index is 13.1. The third-order valence-corrected chi connectivity index (χ3v) is 5.39. The lowest BCUT2D eigenvalue weighted by molar-refractivity contribution is -0.138. The van der Waals surface area contributed by atoms with Crippen molar-refractivity contribution in [3.63, 3.8) is 0 Å². The number of hydrogen-bond acceptors (Lipinski definition) is 5. The van der Waals surface area contributed by atoms with Gasteiger partial charge in [-0.25, -0.2) is 4.79 Å². The molecule has 0 N–H and O–H groups in total. The van der Waals surface area contributed by atoms with Crippen molar-refractivity contribution in [2.24, 2.45) is 0 Å². The molecule has 0 saturated carbocycles. The molecule has 9 heteroatoms. The minimum absolute atomic E-state index is 0.0718. The summed E-state index contributed by atoms with van der Waals surface area (Å²) in [5, 5.41) is 0. The third-order valence-electron chi connectivity index (χ3n) is 5.39. The number of methoxy groups -OCH3 is 2. The summed E-state index contributed by atoms with van der Waals surface area (Å²) in [5.41, 5.74) is 0.653. The Labute approximate surface area is 175 Å². The minimum Gasteiger partial charge on any atom is -0.497 e. The Morgan fingerprint density at radius 2 is 1.74 bits per heavy atom. The van der Waals surface area contributed by atoms with E-state index in [1.54, 1.807) is 18.2 Å². The largest absolute Gasteiger partial charge is 0.497 e. The van der Waals surface area contributed by atoms with Crippen LogP contribution in [-0.4, -0.2) is 32.7 Å². The van der Waals surface area contributed by atoms with Gasteiger partial charge in [0.05, 0.1) is 31.1 Å². The number of anilines is 1. The van der Waals surface area contributed by atoms with Gasteiger partial charge in [-0.2, -0.15) is 13.2 Å². The highest BCUT2D eigenvalue weighted by Crippen LogP contribution is 2.45. The molecule has 162 valence electrons. The van der Waals surface area contributed by atoms with E-state index in [0.717, 1.165) is 12.1 Å². The Bertz CT molecular complexity index is 1080. The van der Waals surface area contributed by atoms with E-state index in [2.05, 4.69) is 0 Å². The number of alkyl halides is 3. The van der Waals surface area contributed by atoms with Crippen molar-refractivity contribution < 1.29 is 37.0 Å². The molecule has 0 aliphatic carbocycles. The normalized spacial score (nSPS) is 18.7. The van der Waals surface area contributed by atoms with Gasteiger partial charge in [0, 0.05) is 29.7 Å². The molecule has 2 aliphatic rings. The number of amides is 1. The van der Waals surface area contributed by atoms with Gasteiger partial charge in [0.1, 0.15) is 18.1 Å². The zero-order valence-electron chi connectivity index (χ0n) is 16.7. The first-order valence-corrected chi connectivity index (χ1v) is 9.37. The van der Waals surface area contributed by atoms with Crippen LogP contribution in [0, 0.1) is 0 Å². The van der Waals surface area contributed by atoms with Crippen LogP contribution in [0.2, 0.25) is 0 Å². The predicted molar refractivity (Wildman–Crippen MR) is 104 cm³/mol. The van der Waals surface area contributed by atoms with Gasteiger partial charge in [-0.1, -0.05) is 6.07 Å². The Kier molecular flexibility index (Phi) is 5.12. The van der Waals surface area contributed by atoms with Gasteiger partial charge in [-0.05, 0) is 30.3 Å². The fourth-order valence-electron chi connectivity index (χ4n) is 3.93. The maximum atomic E-state index is 13.1. The predicted octanol–water partition coefficient (Wildman–Crippen LogP) is 4.05. The molecule has 0 aromatic heterocycles. The topological polar surface area (TPSA) is 65.1 Å². The van der Waals surface area contributed by atoms with Gasteiger partial charge >= 0.3 is 12.1 Å². The highest BCUT2D eigenvalue weighted by atomic mass is 19.4. The number of rotatable bonds is 4. The van der Waals surface area contributed by atoms with Crippen molar-refractivity contribution in [3.05, 3.63) is 64.9 Å². The van der Waals surface area contributed by atoms with Crippen molar-refractivity contribution in [2.45, 2.75) is 18.5 Å². The van der Waals surface area contributed by atoms with Crippen LogP contribution in [0.15, 0.2) is 53.7 Å². The van der Waals surface area contributed by atoms with Crippen LogP contribution in [-0.2, 0) is 20.5 Å². The van der Waals surface area contributed by atoms with Crippen molar-refractivity contribution in [1.29, 1.82) is 0 Å². The summed E-state index contributed by atoms with van der Waals surface area (Å²) in [4.78, 5) is 26.9. The van der Waals surface area contributed by atoms with Crippen LogP contribution in [0.25, 0.3) is 0 Å². The van der Waals surface area contributed by atoms with Gasteiger partial charge < -0.3 is 14.2 Å². The molecule has 1 amide bonds. The average molecular weight is 433 g/mol. The highest BCUT2D eigenvalue weighted by Gasteiger charge is 2.44. The van der Waals surface area contributed by atoms with E-state index in [9.17, 15) is 22.8 Å². The second-order valence-corrected chi connectivity index (χ2v) is 7.07. The number of halogens is 3. The average Bonchev–Trinajstić information content (AvgIpc) is 3.13. The van der Waals surface area contributed by atoms with E-state index < -0.39 is 23.6 Å². The number of cyclic esters (lactones) is 1. The van der Waals surface area contributed by atoms with Gasteiger partial charge in [-0.3, -0.25) is 9.69 Å². The molecule has 2 aromatic carbocycles. The number of ether oxygens (including phenoxy) is 3. The van der Waals surface area contributed by atoms with E-state index in [0.29, 0.717) is 28.3 Å². The molecule has 0 fully saturated rings. The van der Waals surface area contributed by atoms with Gasteiger partial charge in [0.2, 0.25) is 5.91 Å². The van der Waals surface area contributed by atoms with E-state index in [1.807, 2.05) is 0 Å². The number of esters is 1. The zero-order valence-corrected chi connectivity index (χ0v) is 16.7. The van der Waals surface area contributed by atoms with Crippen LogP contribution in [0.5, 0.6) is 11.5 Å². The van der Waals surface area contributed by atoms with Crippen molar-refractivity contribution >= 4 is 17.6 Å². The summed E-state index contributed by atoms with van der Waals surface area (Å²) in [7, 11) is 2.98. The summed E-state index contributed by atoms with van der Waals surface area (Å²) >= 11 is 0. The van der Waals surface area contributed by atoms with Crippen LogP contribution in [0.3, 0.4) is 0 Å². The molecular formula is C22H18F3NO5. The molecule has 0 bridgehead atoms. The number of carbonyl (C=O) groups excluding carboxylic acids is 2. The lowest BCUT2D eigenvalue weighted by Crippen LogP contribution is -2.37. The van der Waals surface area contributed by atoms with Crippen molar-refractivity contribution in [1.82, 2.24) is 0 Å². The number of hydrogen-bond donors (Lipinski definition) is 0. The summed E-state index contributed by atoms with van der Waals surface area (Å²) < 4.78 is 54.5. The maximum Gasteiger partial charge on any atom is 0.416 e. The van der Waals surface area contributed by atoms with Crippen LogP contribution >= 0.6 is 0 Å². The van der Waals surface area contributed by atoms with Gasteiger partial charge in [0.25, 0.3) is 0 Å². The Morgan fingerprint density at radius 1 is 1.03 bits per heavy atom. The lowest BCUT2D eigenvalue weighted by atomic mass is 9.83. The standard InChI is InChI=1S/C22H18F3NO5/c1-29-14-7-8-15(18(9-14)30-2)16-10-19(27)26(17-11-31-21(28)20(16)17)13-5-3-12(4-6-13)22(23,24)25/h3-9,16H,10-11H2,1-2H3. The summed E-state index contributed by atoms with van der Waals surface area (Å²) in [5.74, 6) is -0.532. The molecule has 1 atom stereocenters. The van der Waals surface area contributed by atoms with E-state index >= 15 is 0 Å². The molecule has 0 saturated heterocycles. The van der Waals surface area contributed by atoms with Crippen molar-refractivity contribution in [2.75, 3.05) is 25.7 Å². The molecule has 0 spiro atoms. The van der Waals surface area contributed by atoms with Crippen LogP contribution in [0.1, 0.15) is 23.5 Å². The number of nitrogens with zero attached hydrogens (tertiary/aromatic N) is 1.